The van der Waals surface area contributed by atoms with Crippen molar-refractivity contribution in [2.45, 2.75) is 46.5 Å². The fraction of sp³-hybridized carbons (Fsp3) is 0.364. The maximum Gasteiger partial charge on any atom is 0.0389 e. The molecule has 0 nitrogen and oxygen atoms in total. The maximum absolute atomic E-state index is 4.04. The second-order valence-corrected chi connectivity index (χ2v) is 6.19. The van der Waals surface area contributed by atoms with E-state index in [-0.39, 0.29) is 10.8 Å². The number of hydrogen-bond donors (Lipinski definition) is 0. The Labute approximate surface area is 137 Å². The van der Waals surface area contributed by atoms with E-state index in [1.807, 2.05) is 26.8 Å². The molecule has 0 saturated carbocycles. The van der Waals surface area contributed by atoms with Gasteiger partial charge in [0.15, 0.2) is 0 Å². The summed E-state index contributed by atoms with van der Waals surface area (Å²) < 4.78 is 0. The van der Waals surface area contributed by atoms with Crippen LogP contribution in [-0.2, 0) is 5.41 Å². The van der Waals surface area contributed by atoms with Gasteiger partial charge in [-0.15, -0.1) is 0 Å². The summed E-state index contributed by atoms with van der Waals surface area (Å²) in [4.78, 5) is 0. The molecule has 0 radical (unpaired) electrons. The normalized spacial score (nSPS) is 23.2. The lowest BCUT2D eigenvalue weighted by Crippen LogP contribution is -2.26. The van der Waals surface area contributed by atoms with E-state index in [2.05, 4.69) is 81.1 Å². The fourth-order valence-corrected chi connectivity index (χ4v) is 3.10. The first-order chi connectivity index (χ1) is 10.5. The molecule has 118 valence electrons. The van der Waals surface area contributed by atoms with Gasteiger partial charge >= 0.3 is 0 Å². The molecule has 1 aromatic carbocycles. The van der Waals surface area contributed by atoms with E-state index in [0.717, 1.165) is 6.42 Å². The molecular weight excluding hydrogens is 264 g/mol. The van der Waals surface area contributed by atoms with Crippen molar-refractivity contribution in [1.29, 1.82) is 0 Å². The molecule has 0 bridgehead atoms. The molecule has 0 aromatic heterocycles. The Bertz CT molecular complexity index is 555. The monoisotopic (exact) mass is 294 g/mol. The molecule has 0 saturated heterocycles. The van der Waals surface area contributed by atoms with Gasteiger partial charge in [0.1, 0.15) is 0 Å². The van der Waals surface area contributed by atoms with Crippen LogP contribution in [0.5, 0.6) is 0 Å². The van der Waals surface area contributed by atoms with Gasteiger partial charge in [-0.1, -0.05) is 101 Å². The predicted molar refractivity (Wildman–Crippen MR) is 100 cm³/mol. The molecule has 0 fully saturated rings. The highest BCUT2D eigenvalue weighted by molar-refractivity contribution is 5.50. The first kappa shape index (κ1) is 18.2. The number of hydrogen-bond acceptors (Lipinski definition) is 0. The van der Waals surface area contributed by atoms with E-state index in [9.17, 15) is 0 Å². The first-order valence-electron chi connectivity index (χ1n) is 8.26. The molecule has 0 spiro atoms. The van der Waals surface area contributed by atoms with Crippen LogP contribution < -0.4 is 0 Å². The molecule has 22 heavy (non-hydrogen) atoms. The highest BCUT2D eigenvalue weighted by Gasteiger charge is 2.41. The summed E-state index contributed by atoms with van der Waals surface area (Å²) in [5.41, 5.74) is 2.78. The van der Waals surface area contributed by atoms with Crippen molar-refractivity contribution in [1.82, 2.24) is 0 Å². The minimum Gasteiger partial charge on any atom is -0.0987 e. The Kier molecular flexibility index (Phi) is 6.61. The lowest BCUT2D eigenvalue weighted by Gasteiger charge is -2.33. The van der Waals surface area contributed by atoms with Crippen molar-refractivity contribution in [3.8, 4) is 0 Å². The topological polar surface area (TPSA) is 0 Å². The van der Waals surface area contributed by atoms with Gasteiger partial charge in [-0.3, -0.25) is 0 Å². The largest absolute Gasteiger partial charge is 0.0987 e. The average Bonchev–Trinajstić information content (AvgIpc) is 2.88. The highest BCUT2D eigenvalue weighted by atomic mass is 14.4. The van der Waals surface area contributed by atoms with E-state index in [0.29, 0.717) is 0 Å². The summed E-state index contributed by atoms with van der Waals surface area (Å²) in [6.45, 7) is 14.7. The van der Waals surface area contributed by atoms with Crippen LogP contribution >= 0.6 is 0 Å². The molecule has 1 aliphatic carbocycles. The third kappa shape index (κ3) is 3.88. The molecule has 0 heterocycles. The van der Waals surface area contributed by atoms with Crippen LogP contribution in [0.4, 0.5) is 0 Å². The summed E-state index contributed by atoms with van der Waals surface area (Å²) in [6, 6.07) is 10.8. The number of rotatable bonds is 4. The van der Waals surface area contributed by atoms with Gasteiger partial charge in [-0.25, -0.2) is 0 Å². The van der Waals surface area contributed by atoms with E-state index in [1.165, 1.54) is 11.1 Å². The van der Waals surface area contributed by atoms with E-state index in [1.54, 1.807) is 0 Å². The summed E-state index contributed by atoms with van der Waals surface area (Å²) in [6.07, 6.45) is 14.1. The van der Waals surface area contributed by atoms with Gasteiger partial charge in [0, 0.05) is 5.41 Å². The Morgan fingerprint density at radius 2 is 1.73 bits per heavy atom. The molecule has 0 N–H and O–H groups in total. The molecule has 2 rings (SSSR count). The minimum absolute atomic E-state index is 0.0496. The van der Waals surface area contributed by atoms with Gasteiger partial charge in [-0.05, 0) is 29.9 Å². The van der Waals surface area contributed by atoms with Crippen molar-refractivity contribution < 1.29 is 0 Å². The quantitative estimate of drug-likeness (QED) is 0.432. The van der Waals surface area contributed by atoms with E-state index >= 15 is 0 Å². The first-order valence-corrected chi connectivity index (χ1v) is 8.26. The van der Waals surface area contributed by atoms with Gasteiger partial charge < -0.3 is 0 Å². The van der Waals surface area contributed by atoms with Crippen LogP contribution in [0.2, 0.25) is 0 Å². The second-order valence-electron chi connectivity index (χ2n) is 6.19. The fourth-order valence-electron chi connectivity index (χ4n) is 3.10. The predicted octanol–water partition coefficient (Wildman–Crippen LogP) is 6.63. The van der Waals surface area contributed by atoms with Crippen molar-refractivity contribution >= 4 is 0 Å². The Morgan fingerprint density at radius 1 is 1.09 bits per heavy atom. The Hall–Kier alpha value is -1.82. The minimum atomic E-state index is -0.0496. The van der Waals surface area contributed by atoms with E-state index < -0.39 is 0 Å². The van der Waals surface area contributed by atoms with Crippen LogP contribution in [0.1, 0.15) is 46.6 Å². The van der Waals surface area contributed by atoms with Crippen LogP contribution in [0.15, 0.2) is 78.9 Å². The molecule has 0 aliphatic heterocycles. The lowest BCUT2D eigenvalue weighted by molar-refractivity contribution is 0.401. The van der Waals surface area contributed by atoms with Crippen molar-refractivity contribution in [3.63, 3.8) is 0 Å². The number of benzene rings is 1. The molecule has 0 amide bonds. The molecule has 1 aromatic rings. The summed E-state index contributed by atoms with van der Waals surface area (Å²) in [5.74, 6) is 0. The second kappa shape index (κ2) is 7.98. The zero-order valence-electron chi connectivity index (χ0n) is 14.8. The lowest BCUT2D eigenvalue weighted by atomic mass is 9.70. The van der Waals surface area contributed by atoms with Crippen molar-refractivity contribution in [3.05, 3.63) is 84.5 Å². The molecular formula is C22H30. The third-order valence-corrected chi connectivity index (χ3v) is 4.05. The van der Waals surface area contributed by atoms with Crippen LogP contribution in [-0.4, -0.2) is 0 Å². The maximum atomic E-state index is 4.04. The number of allylic oxidation sites excluding steroid dienone is 7. The van der Waals surface area contributed by atoms with E-state index in [4.69, 9.17) is 0 Å². The van der Waals surface area contributed by atoms with Crippen molar-refractivity contribution in [2.24, 2.45) is 5.41 Å². The van der Waals surface area contributed by atoms with Crippen molar-refractivity contribution in [2.75, 3.05) is 0 Å². The molecule has 1 aliphatic rings. The molecule has 1 atom stereocenters. The van der Waals surface area contributed by atoms with Gasteiger partial charge in [0.05, 0.1) is 0 Å². The van der Waals surface area contributed by atoms with Crippen LogP contribution in [0.3, 0.4) is 0 Å². The summed E-state index contributed by atoms with van der Waals surface area (Å²) in [7, 11) is 0. The van der Waals surface area contributed by atoms with Gasteiger partial charge in [0.2, 0.25) is 0 Å². The molecule has 1 unspecified atom stereocenters. The summed E-state index contributed by atoms with van der Waals surface area (Å²) >= 11 is 0. The highest BCUT2D eigenvalue weighted by Crippen LogP contribution is 2.49. The summed E-state index contributed by atoms with van der Waals surface area (Å²) in [5, 5.41) is 0. The standard InChI is InChI=1S/C20H24.C2H6/c1-5-7-11-17(6-2)20(15-14-19(3,4)16-20)18-12-9-8-10-13-18;1-2/h5-15H,2,16H2,1,3-4H3;1-2H3/b7-5-,17-11+;. The third-order valence-electron chi connectivity index (χ3n) is 4.05. The molecule has 0 heteroatoms. The van der Waals surface area contributed by atoms with Gasteiger partial charge in [0.25, 0.3) is 0 Å². The van der Waals surface area contributed by atoms with Crippen LogP contribution in [0.25, 0.3) is 0 Å². The average molecular weight is 294 g/mol. The smallest absolute Gasteiger partial charge is 0.0389 e. The Morgan fingerprint density at radius 3 is 2.18 bits per heavy atom. The zero-order valence-corrected chi connectivity index (χ0v) is 14.8. The SMILES string of the molecule is C=C/C(=C\C=C/C)C1(c2ccccc2)C=CC(C)(C)C1.CC. The van der Waals surface area contributed by atoms with Gasteiger partial charge in [-0.2, -0.15) is 0 Å². The van der Waals surface area contributed by atoms with Crippen LogP contribution in [0, 0.1) is 5.41 Å². The zero-order chi connectivity index (χ0) is 16.6. The Balaban J connectivity index is 0.00000116.